The van der Waals surface area contributed by atoms with E-state index < -0.39 is 0 Å². The number of benzene rings is 8. The molecule has 0 radical (unpaired) electrons. The number of hydrogen-bond acceptors (Lipinski definition) is 7. The first-order valence-electron chi connectivity index (χ1n) is 18.1. The Labute approximate surface area is 309 Å². The van der Waals surface area contributed by atoms with Crippen molar-refractivity contribution in [2.24, 2.45) is 10.2 Å². The molecule has 0 amide bonds. The minimum absolute atomic E-state index is 0.393. The van der Waals surface area contributed by atoms with Crippen LogP contribution in [-0.2, 0) is 0 Å². The number of rotatable bonds is 12. The molecule has 0 aromatic heterocycles. The molecule has 0 saturated carbocycles. The maximum atomic E-state index is 4.79. The first kappa shape index (κ1) is 33.3. The number of fused-ring (bicyclic) bond motifs is 3. The maximum absolute atomic E-state index is 4.79. The molecule has 0 aliphatic carbocycles. The second-order valence-corrected chi connectivity index (χ2v) is 13.2. The molecule has 7 nitrogen and oxygen atoms in total. The van der Waals surface area contributed by atoms with Gasteiger partial charge in [0.1, 0.15) is 0 Å². The summed E-state index contributed by atoms with van der Waals surface area (Å²) >= 11 is 0. The third-order valence-corrected chi connectivity index (χ3v) is 9.67. The molecule has 8 aromatic carbocycles. The summed E-state index contributed by atoms with van der Waals surface area (Å²) in [5, 5.41) is 19.6. The van der Waals surface area contributed by atoms with Crippen molar-refractivity contribution >= 4 is 72.1 Å². The van der Waals surface area contributed by atoms with Crippen LogP contribution in [0.25, 0.3) is 43.4 Å². The Hall–Kier alpha value is -6.86. The van der Waals surface area contributed by atoms with Gasteiger partial charge < -0.3 is 27.0 Å². The van der Waals surface area contributed by atoms with Gasteiger partial charge in [0, 0.05) is 44.0 Å². The molecule has 0 aliphatic rings. The molecule has 260 valence electrons. The van der Waals surface area contributed by atoms with Gasteiger partial charge in [-0.2, -0.15) is 0 Å². The standard InChI is InChI=1S/C46H41N7/c1-3-31(2)47-41-25-26-43(36-16-8-7-15-35(36)41)50-51-45-29-30-46(40-20-12-11-19-39(40)45)53-52-44-28-27-42(37-17-9-10-18-38(37)44)49-48-34-23-21-33(22-24-34)32-13-5-4-6-14-32/h4-31,47-51H,3H2,1-2H3. The molecule has 8 aromatic rings. The lowest BCUT2D eigenvalue weighted by Gasteiger charge is -2.19. The summed E-state index contributed by atoms with van der Waals surface area (Å²) in [6.07, 6.45) is 1.06. The highest BCUT2D eigenvalue weighted by molar-refractivity contribution is 6.04. The fourth-order valence-electron chi connectivity index (χ4n) is 6.62. The molecule has 0 heterocycles. The second-order valence-electron chi connectivity index (χ2n) is 13.2. The topological polar surface area (TPSA) is 84.9 Å². The first-order chi connectivity index (χ1) is 26.1. The van der Waals surface area contributed by atoms with Crippen LogP contribution in [0, 0.1) is 0 Å². The number of hydrogen-bond donors (Lipinski definition) is 5. The molecule has 5 N–H and O–H groups in total. The third kappa shape index (κ3) is 7.18. The Morgan fingerprint density at radius 1 is 0.396 bits per heavy atom. The van der Waals surface area contributed by atoms with E-state index in [2.05, 4.69) is 150 Å². The average Bonchev–Trinajstić information content (AvgIpc) is 3.22. The number of anilines is 5. The molecule has 0 fully saturated rings. The Balaban J connectivity index is 1.01. The first-order valence-corrected chi connectivity index (χ1v) is 18.1. The van der Waals surface area contributed by atoms with Crippen LogP contribution in [0.2, 0.25) is 0 Å². The van der Waals surface area contributed by atoms with Gasteiger partial charge >= 0.3 is 0 Å². The normalized spacial score (nSPS) is 11.9. The highest BCUT2D eigenvalue weighted by Gasteiger charge is 2.11. The summed E-state index contributed by atoms with van der Waals surface area (Å²) in [5.41, 5.74) is 22.7. The van der Waals surface area contributed by atoms with E-state index in [4.69, 9.17) is 10.2 Å². The van der Waals surface area contributed by atoms with E-state index in [0.717, 1.165) is 73.2 Å². The van der Waals surface area contributed by atoms with Crippen molar-refractivity contribution in [1.82, 2.24) is 0 Å². The van der Waals surface area contributed by atoms with Gasteiger partial charge in [0.2, 0.25) is 0 Å². The SMILES string of the molecule is CCC(C)Nc1ccc(NNc2ccc(N=Nc3ccc(NNc4ccc(-c5ccccc5)cc4)c4ccccc34)c3ccccc23)c2ccccc12. The van der Waals surface area contributed by atoms with Crippen molar-refractivity contribution in [2.75, 3.05) is 27.0 Å². The zero-order chi connectivity index (χ0) is 36.0. The van der Waals surface area contributed by atoms with Gasteiger partial charge in [-0.05, 0) is 73.0 Å². The Kier molecular flexibility index (Phi) is 9.53. The van der Waals surface area contributed by atoms with Crippen molar-refractivity contribution in [3.8, 4) is 11.1 Å². The van der Waals surface area contributed by atoms with E-state index in [1.165, 1.54) is 16.5 Å². The molecule has 0 saturated heterocycles. The van der Waals surface area contributed by atoms with Gasteiger partial charge in [0.15, 0.2) is 0 Å². The van der Waals surface area contributed by atoms with E-state index in [1.807, 2.05) is 54.6 Å². The fraction of sp³-hybridized carbons (Fsp3) is 0.0870. The molecule has 53 heavy (non-hydrogen) atoms. The van der Waals surface area contributed by atoms with Crippen molar-refractivity contribution in [1.29, 1.82) is 0 Å². The average molecular weight is 692 g/mol. The van der Waals surface area contributed by atoms with E-state index >= 15 is 0 Å². The highest BCUT2D eigenvalue weighted by Crippen LogP contribution is 2.37. The molecular weight excluding hydrogens is 651 g/mol. The van der Waals surface area contributed by atoms with Gasteiger partial charge in [0.05, 0.1) is 34.1 Å². The van der Waals surface area contributed by atoms with Crippen LogP contribution in [0.15, 0.2) is 174 Å². The van der Waals surface area contributed by atoms with Crippen LogP contribution < -0.4 is 27.0 Å². The van der Waals surface area contributed by atoms with Crippen molar-refractivity contribution < 1.29 is 0 Å². The summed E-state index contributed by atoms with van der Waals surface area (Å²) in [5.74, 6) is 0. The summed E-state index contributed by atoms with van der Waals surface area (Å²) in [7, 11) is 0. The lowest BCUT2D eigenvalue weighted by molar-refractivity contribution is 0.765. The zero-order valence-electron chi connectivity index (χ0n) is 29.8. The molecule has 7 heteroatoms. The molecular formula is C46H41N7. The van der Waals surface area contributed by atoms with E-state index in [-0.39, 0.29) is 0 Å². The lowest BCUT2D eigenvalue weighted by atomic mass is 10.1. The lowest BCUT2D eigenvalue weighted by Crippen LogP contribution is -2.14. The van der Waals surface area contributed by atoms with Crippen LogP contribution in [0.4, 0.5) is 39.8 Å². The van der Waals surface area contributed by atoms with Crippen LogP contribution >= 0.6 is 0 Å². The Morgan fingerprint density at radius 2 is 0.792 bits per heavy atom. The summed E-state index contributed by atoms with van der Waals surface area (Å²) in [6, 6.07) is 56.5. The number of azo groups is 1. The van der Waals surface area contributed by atoms with E-state index in [0.29, 0.717) is 6.04 Å². The number of nitrogens with zero attached hydrogens (tertiary/aromatic N) is 2. The number of hydrazine groups is 2. The van der Waals surface area contributed by atoms with Crippen LogP contribution in [0.1, 0.15) is 20.3 Å². The minimum atomic E-state index is 0.393. The molecule has 1 atom stereocenters. The largest absolute Gasteiger partial charge is 0.382 e. The van der Waals surface area contributed by atoms with E-state index in [9.17, 15) is 0 Å². The quantitative estimate of drug-likeness (QED) is 0.0650. The molecule has 0 bridgehead atoms. The molecule has 1 unspecified atom stereocenters. The van der Waals surface area contributed by atoms with Gasteiger partial charge in [-0.3, -0.25) is 0 Å². The summed E-state index contributed by atoms with van der Waals surface area (Å²) in [4.78, 5) is 0. The molecule has 0 spiro atoms. The third-order valence-electron chi connectivity index (χ3n) is 9.67. The highest BCUT2D eigenvalue weighted by atomic mass is 15.4. The van der Waals surface area contributed by atoms with E-state index in [1.54, 1.807) is 0 Å². The summed E-state index contributed by atoms with van der Waals surface area (Å²) in [6.45, 7) is 4.40. The van der Waals surface area contributed by atoms with Crippen LogP contribution in [-0.4, -0.2) is 6.04 Å². The van der Waals surface area contributed by atoms with Crippen LogP contribution in [0.3, 0.4) is 0 Å². The molecule has 0 aliphatic heterocycles. The van der Waals surface area contributed by atoms with Gasteiger partial charge in [-0.15, -0.1) is 10.2 Å². The monoisotopic (exact) mass is 691 g/mol. The Morgan fingerprint density at radius 3 is 1.32 bits per heavy atom. The summed E-state index contributed by atoms with van der Waals surface area (Å²) < 4.78 is 0. The van der Waals surface area contributed by atoms with Gasteiger partial charge in [-0.1, -0.05) is 122 Å². The number of nitrogens with one attached hydrogen (secondary N) is 5. The van der Waals surface area contributed by atoms with Gasteiger partial charge in [-0.25, -0.2) is 0 Å². The van der Waals surface area contributed by atoms with Gasteiger partial charge in [0.25, 0.3) is 0 Å². The van der Waals surface area contributed by atoms with Crippen molar-refractivity contribution in [3.63, 3.8) is 0 Å². The van der Waals surface area contributed by atoms with Crippen molar-refractivity contribution in [3.05, 3.63) is 164 Å². The van der Waals surface area contributed by atoms with Crippen molar-refractivity contribution in [2.45, 2.75) is 26.3 Å². The predicted octanol–water partition coefficient (Wildman–Crippen LogP) is 13.3. The van der Waals surface area contributed by atoms with Crippen LogP contribution in [0.5, 0.6) is 0 Å². The molecule has 8 rings (SSSR count). The Bertz CT molecular complexity index is 2550. The predicted molar refractivity (Wildman–Crippen MR) is 226 cm³/mol. The maximum Gasteiger partial charge on any atom is 0.0936 e. The second kappa shape index (κ2) is 15.2. The zero-order valence-corrected chi connectivity index (χ0v) is 29.8. The smallest absolute Gasteiger partial charge is 0.0936 e. The fourth-order valence-corrected chi connectivity index (χ4v) is 6.62. The minimum Gasteiger partial charge on any atom is -0.382 e.